The molecule has 182 valence electrons. The van der Waals surface area contributed by atoms with Crippen molar-refractivity contribution in [1.29, 1.82) is 0 Å². The number of alkyl halides is 1. The standard InChI is InChI=1S/C18H34ClN2O8PS/c1-5-6-10-7-11(21(4)8-10)17(24)20-12(9(2)19)15-13(22)14(23)16(18(3,31)28-15)29-30(25,26)27/h9-16,22-23,31H,5-8H2,1-4H3,(H,20,24)(H2,25,26,27)/t9-,10+,11-,12+,13+,14-,15+,16+,18+/m0/s1. The lowest BCUT2D eigenvalue weighted by molar-refractivity contribution is -0.231. The van der Waals surface area contributed by atoms with Crippen molar-refractivity contribution in [2.75, 3.05) is 13.6 Å². The van der Waals surface area contributed by atoms with Crippen LogP contribution in [0.2, 0.25) is 0 Å². The summed E-state index contributed by atoms with van der Waals surface area (Å²) in [6, 6.07) is -1.26. The van der Waals surface area contributed by atoms with Crippen molar-refractivity contribution in [2.24, 2.45) is 5.92 Å². The van der Waals surface area contributed by atoms with E-state index in [-0.39, 0.29) is 11.9 Å². The Hall–Kier alpha value is 0.0600. The van der Waals surface area contributed by atoms with E-state index >= 15 is 0 Å². The number of nitrogens with zero attached hydrogens (tertiary/aromatic N) is 1. The smallest absolute Gasteiger partial charge is 0.388 e. The lowest BCUT2D eigenvalue weighted by Crippen LogP contribution is -2.68. The maximum absolute atomic E-state index is 13.0. The van der Waals surface area contributed by atoms with Gasteiger partial charge in [0.1, 0.15) is 29.3 Å². The molecule has 0 aromatic carbocycles. The molecule has 0 saturated carbocycles. The molecule has 9 atom stereocenters. The van der Waals surface area contributed by atoms with Crippen molar-refractivity contribution in [1.82, 2.24) is 10.2 Å². The molecule has 1 amide bonds. The van der Waals surface area contributed by atoms with Crippen LogP contribution >= 0.6 is 32.1 Å². The lowest BCUT2D eigenvalue weighted by atomic mass is 9.90. The van der Waals surface area contributed by atoms with E-state index in [1.54, 1.807) is 6.92 Å². The van der Waals surface area contributed by atoms with E-state index in [4.69, 9.17) is 26.1 Å². The second kappa shape index (κ2) is 10.5. The van der Waals surface area contributed by atoms with Crippen LogP contribution in [0, 0.1) is 5.92 Å². The number of phosphoric acid groups is 1. The Morgan fingerprint density at radius 1 is 1.42 bits per heavy atom. The Labute approximate surface area is 193 Å². The number of halogens is 1. The number of thiol groups is 1. The molecule has 0 aromatic heterocycles. The van der Waals surface area contributed by atoms with Gasteiger partial charge in [0.2, 0.25) is 5.91 Å². The molecule has 2 aliphatic rings. The van der Waals surface area contributed by atoms with E-state index in [9.17, 15) is 19.6 Å². The van der Waals surface area contributed by atoms with Crippen LogP contribution in [0.4, 0.5) is 0 Å². The summed E-state index contributed by atoms with van der Waals surface area (Å²) in [4.78, 5) is 31.5. The number of ether oxygens (including phenoxy) is 1. The number of carbonyl (C=O) groups excluding carboxylic acids is 1. The summed E-state index contributed by atoms with van der Waals surface area (Å²) in [6.45, 7) is 5.87. The molecule has 10 nitrogen and oxygen atoms in total. The summed E-state index contributed by atoms with van der Waals surface area (Å²) in [5, 5.41) is 23.3. The molecule has 2 rings (SSSR count). The average Bonchev–Trinajstić information content (AvgIpc) is 3.00. The van der Waals surface area contributed by atoms with Crippen molar-refractivity contribution < 1.29 is 38.6 Å². The van der Waals surface area contributed by atoms with Crippen LogP contribution in [0.15, 0.2) is 0 Å². The van der Waals surface area contributed by atoms with Gasteiger partial charge < -0.3 is 30.1 Å². The first-order valence-electron chi connectivity index (χ1n) is 10.3. The first-order valence-corrected chi connectivity index (χ1v) is 12.7. The fraction of sp³-hybridized carbons (Fsp3) is 0.944. The monoisotopic (exact) mass is 504 g/mol. The number of hydrogen-bond donors (Lipinski definition) is 6. The number of phosphoric ester groups is 1. The fourth-order valence-corrected chi connectivity index (χ4v) is 5.68. The molecule has 0 bridgehead atoms. The molecule has 31 heavy (non-hydrogen) atoms. The molecule has 0 aromatic rings. The quantitative estimate of drug-likeness (QED) is 0.157. The number of likely N-dealkylation sites (tertiary alicyclic amines) is 1. The van der Waals surface area contributed by atoms with Crippen molar-refractivity contribution in [2.45, 2.75) is 86.8 Å². The van der Waals surface area contributed by atoms with E-state index in [1.165, 1.54) is 6.92 Å². The van der Waals surface area contributed by atoms with E-state index in [1.807, 2.05) is 11.9 Å². The van der Waals surface area contributed by atoms with Gasteiger partial charge in [0.15, 0.2) is 0 Å². The van der Waals surface area contributed by atoms with Crippen molar-refractivity contribution in [3.63, 3.8) is 0 Å². The summed E-state index contributed by atoms with van der Waals surface area (Å²) in [7, 11) is -3.12. The van der Waals surface area contributed by atoms with Crippen LogP contribution in [0.1, 0.15) is 40.0 Å². The van der Waals surface area contributed by atoms with Gasteiger partial charge in [0, 0.05) is 6.54 Å². The van der Waals surface area contributed by atoms with E-state index < -0.39 is 48.6 Å². The topological polar surface area (TPSA) is 149 Å². The van der Waals surface area contributed by atoms with Gasteiger partial charge in [-0.3, -0.25) is 14.2 Å². The molecule has 13 heteroatoms. The van der Waals surface area contributed by atoms with E-state index in [0.29, 0.717) is 12.3 Å². The zero-order valence-corrected chi connectivity index (χ0v) is 20.6. The molecular weight excluding hydrogens is 471 g/mol. The Morgan fingerprint density at radius 3 is 2.55 bits per heavy atom. The summed E-state index contributed by atoms with van der Waals surface area (Å²) in [6.07, 6.45) is -3.43. The molecule has 2 fully saturated rings. The van der Waals surface area contributed by atoms with Crippen molar-refractivity contribution >= 4 is 38.0 Å². The summed E-state index contributed by atoms with van der Waals surface area (Å²) in [5.74, 6) is 0.153. The van der Waals surface area contributed by atoms with Crippen LogP contribution in [0.3, 0.4) is 0 Å². The summed E-state index contributed by atoms with van der Waals surface area (Å²) < 4.78 is 21.6. The number of likely N-dealkylation sites (N-methyl/N-ethyl adjacent to an activating group) is 1. The Balaban J connectivity index is 2.17. The highest BCUT2D eigenvalue weighted by Gasteiger charge is 2.55. The van der Waals surface area contributed by atoms with Gasteiger partial charge in [-0.25, -0.2) is 4.57 Å². The third-order valence-corrected chi connectivity index (χ3v) is 7.08. The third-order valence-electron chi connectivity index (χ3n) is 5.94. The van der Waals surface area contributed by atoms with Gasteiger partial charge in [-0.15, -0.1) is 24.2 Å². The molecule has 0 radical (unpaired) electrons. The molecule has 2 saturated heterocycles. The zero-order valence-electron chi connectivity index (χ0n) is 18.1. The summed E-state index contributed by atoms with van der Waals surface area (Å²) >= 11 is 10.6. The fourth-order valence-electron chi connectivity index (χ4n) is 4.44. The molecule has 2 heterocycles. The Morgan fingerprint density at radius 2 is 2.03 bits per heavy atom. The molecule has 0 aliphatic carbocycles. The van der Waals surface area contributed by atoms with Gasteiger partial charge in [-0.1, -0.05) is 13.3 Å². The largest absolute Gasteiger partial charge is 0.470 e. The minimum absolute atomic E-state index is 0.265. The minimum Gasteiger partial charge on any atom is -0.388 e. The summed E-state index contributed by atoms with van der Waals surface area (Å²) in [5.41, 5.74) is 0. The lowest BCUT2D eigenvalue weighted by Gasteiger charge is -2.49. The Bertz CT molecular complexity index is 681. The number of amides is 1. The number of aliphatic hydroxyl groups is 2. The molecule has 0 unspecified atom stereocenters. The molecule has 2 aliphatic heterocycles. The van der Waals surface area contributed by atoms with Gasteiger partial charge in [0.05, 0.1) is 17.5 Å². The predicted octanol–water partition coefficient (Wildman–Crippen LogP) is 0.463. The van der Waals surface area contributed by atoms with Crippen LogP contribution in [0.25, 0.3) is 0 Å². The van der Waals surface area contributed by atoms with Crippen molar-refractivity contribution in [3.05, 3.63) is 0 Å². The first-order chi connectivity index (χ1) is 14.2. The maximum atomic E-state index is 13.0. The normalized spacial score (nSPS) is 39.3. The van der Waals surface area contributed by atoms with Crippen LogP contribution in [-0.2, 0) is 18.6 Å². The minimum atomic E-state index is -5.00. The first kappa shape index (κ1) is 27.3. The highest BCUT2D eigenvalue weighted by atomic mass is 35.5. The van der Waals surface area contributed by atoms with E-state index in [0.717, 1.165) is 19.4 Å². The second-order valence-electron chi connectivity index (χ2n) is 8.69. The molecule has 0 spiro atoms. The van der Waals surface area contributed by atoms with Gasteiger partial charge >= 0.3 is 7.82 Å². The van der Waals surface area contributed by atoms with Gasteiger partial charge in [-0.2, -0.15) is 0 Å². The number of nitrogens with one attached hydrogen (secondary N) is 1. The number of rotatable bonds is 8. The zero-order chi connectivity index (χ0) is 23.7. The third kappa shape index (κ3) is 6.79. The number of aliphatic hydroxyl groups excluding tert-OH is 2. The van der Waals surface area contributed by atoms with E-state index in [2.05, 4.69) is 29.4 Å². The van der Waals surface area contributed by atoms with Crippen LogP contribution < -0.4 is 5.32 Å². The molecular formula is C18H34ClN2O8PS. The van der Waals surface area contributed by atoms with Gasteiger partial charge in [0.25, 0.3) is 0 Å². The highest BCUT2D eigenvalue weighted by molar-refractivity contribution is 7.81. The molecule has 5 N–H and O–H groups in total. The highest BCUT2D eigenvalue weighted by Crippen LogP contribution is 2.46. The van der Waals surface area contributed by atoms with Crippen LogP contribution in [0.5, 0.6) is 0 Å². The Kier molecular flexibility index (Phi) is 9.29. The SMILES string of the molecule is CCC[C@@H]1C[C@@H](C(=O)N[C@@H]([C@H]2O[C@](C)(S)[C@H](OP(=O)(O)O)[C@@H](O)[C@H]2O)[C@H](C)Cl)N(C)C1. The number of hydrogen-bond acceptors (Lipinski definition) is 8. The van der Waals surface area contributed by atoms with Crippen LogP contribution in [-0.4, -0.2) is 91.2 Å². The van der Waals surface area contributed by atoms with Crippen molar-refractivity contribution in [3.8, 4) is 0 Å². The van der Waals surface area contributed by atoms with Gasteiger partial charge in [-0.05, 0) is 39.7 Å². The number of carbonyl (C=O) groups is 1. The average molecular weight is 505 g/mol. The second-order valence-corrected chi connectivity index (χ2v) is 11.5. The maximum Gasteiger partial charge on any atom is 0.470 e. The predicted molar refractivity (Wildman–Crippen MR) is 118 cm³/mol.